The number of halogens is 1. The molecule has 2 fully saturated rings. The van der Waals surface area contributed by atoms with E-state index < -0.39 is 24.3 Å². The fourth-order valence-corrected chi connectivity index (χ4v) is 4.19. The monoisotopic (exact) mass is 451 g/mol. The zero-order chi connectivity index (χ0) is 22.1. The zero-order valence-electron chi connectivity index (χ0n) is 17.5. The number of nitrogens with zero attached hydrogens (tertiary/aromatic N) is 5. The summed E-state index contributed by atoms with van der Waals surface area (Å²) in [6.07, 6.45) is -1.56. The Hall–Kier alpha value is -2.56. The fourth-order valence-electron chi connectivity index (χ4n) is 4.00. The molecule has 0 radical (unpaired) electrons. The molecular weight excluding hydrogens is 426 g/mol. The molecule has 0 aliphatic carbocycles. The minimum absolute atomic E-state index is 0.00713. The first-order valence-electron chi connectivity index (χ1n) is 10.2. The van der Waals surface area contributed by atoms with Crippen molar-refractivity contribution in [1.82, 2.24) is 19.6 Å². The van der Waals surface area contributed by atoms with Gasteiger partial charge in [-0.15, -0.1) is 0 Å². The van der Waals surface area contributed by atoms with Crippen LogP contribution in [0.15, 0.2) is 29.3 Å². The Balaban J connectivity index is 1.53. The molecule has 0 saturated carbocycles. The molecule has 3 atom stereocenters. The van der Waals surface area contributed by atoms with Crippen molar-refractivity contribution in [2.45, 2.75) is 18.3 Å². The summed E-state index contributed by atoms with van der Waals surface area (Å²) in [4.78, 5) is 36.5. The summed E-state index contributed by atoms with van der Waals surface area (Å²) in [6, 6.07) is 5.92. The molecule has 1 aromatic rings. The highest BCUT2D eigenvalue weighted by Gasteiger charge is 2.52. The molecule has 0 spiro atoms. The molecule has 3 aliphatic rings. The molecule has 1 N–H and O–H groups in total. The zero-order valence-corrected chi connectivity index (χ0v) is 18.2. The van der Waals surface area contributed by atoms with Crippen molar-refractivity contribution in [2.75, 3.05) is 53.6 Å². The number of hydrogen-bond donors (Lipinski definition) is 1. The highest BCUT2D eigenvalue weighted by atomic mass is 35.5. The number of ether oxygens (including phenoxy) is 2. The number of likely N-dealkylation sites (N-methyl/N-ethyl adjacent to an activating group) is 2. The minimum atomic E-state index is -0.915. The van der Waals surface area contributed by atoms with E-state index >= 15 is 0 Å². The molecule has 11 heteroatoms. The average Bonchev–Trinajstić information content (AvgIpc) is 3.15. The number of carbonyl (C=O) groups is 2. The Morgan fingerprint density at radius 2 is 1.97 bits per heavy atom. The number of hydrogen-bond acceptors (Lipinski definition) is 8. The molecule has 1 aromatic carbocycles. The van der Waals surface area contributed by atoms with E-state index in [1.165, 1.54) is 11.9 Å². The first-order chi connectivity index (χ1) is 14.9. The average molecular weight is 452 g/mol. The van der Waals surface area contributed by atoms with Crippen LogP contribution in [0.4, 0.5) is 4.79 Å². The van der Waals surface area contributed by atoms with Gasteiger partial charge in [0.05, 0.1) is 24.8 Å². The summed E-state index contributed by atoms with van der Waals surface area (Å²) in [6.45, 7) is 2.42. The number of β-amino-alcohol motifs (C(OH)–C–C–N with tert-alkyl or cyclic N) is 1. The van der Waals surface area contributed by atoms with Crippen LogP contribution in [-0.4, -0.2) is 114 Å². The second kappa shape index (κ2) is 8.89. The van der Waals surface area contributed by atoms with Crippen LogP contribution in [0.25, 0.3) is 0 Å². The fraction of sp³-hybridized carbons (Fsp3) is 0.550. The summed E-state index contributed by atoms with van der Waals surface area (Å²) >= 11 is 6.12. The van der Waals surface area contributed by atoms with Crippen LogP contribution in [0.5, 0.6) is 5.75 Å². The summed E-state index contributed by atoms with van der Waals surface area (Å²) in [7, 11) is 3.09. The van der Waals surface area contributed by atoms with Crippen molar-refractivity contribution in [3.05, 3.63) is 29.3 Å². The number of para-hydroxylation sites is 1. The van der Waals surface area contributed by atoms with Crippen LogP contribution >= 0.6 is 11.6 Å². The van der Waals surface area contributed by atoms with Crippen LogP contribution in [0.1, 0.15) is 0 Å². The predicted molar refractivity (Wildman–Crippen MR) is 113 cm³/mol. The van der Waals surface area contributed by atoms with Crippen molar-refractivity contribution in [3.8, 4) is 5.75 Å². The molecule has 31 heavy (non-hydrogen) atoms. The Morgan fingerprint density at radius 3 is 2.68 bits per heavy atom. The third-order valence-electron chi connectivity index (χ3n) is 5.66. The van der Waals surface area contributed by atoms with Crippen LogP contribution in [0.3, 0.4) is 0 Å². The van der Waals surface area contributed by atoms with Gasteiger partial charge in [0, 0.05) is 27.2 Å². The molecule has 3 heterocycles. The van der Waals surface area contributed by atoms with E-state index in [4.69, 9.17) is 26.1 Å². The van der Waals surface area contributed by atoms with Crippen LogP contribution in [-0.2, 0) is 9.53 Å². The predicted octanol–water partition coefficient (Wildman–Crippen LogP) is 0.302. The molecule has 168 valence electrons. The molecule has 0 aromatic heterocycles. The van der Waals surface area contributed by atoms with Gasteiger partial charge in [-0.05, 0) is 12.1 Å². The molecule has 2 saturated heterocycles. The van der Waals surface area contributed by atoms with Gasteiger partial charge in [-0.1, -0.05) is 23.7 Å². The van der Waals surface area contributed by atoms with Crippen molar-refractivity contribution in [3.63, 3.8) is 0 Å². The number of aliphatic imine (C=N–C) groups is 1. The summed E-state index contributed by atoms with van der Waals surface area (Å²) in [5, 5.41) is 11.2. The lowest BCUT2D eigenvalue weighted by Crippen LogP contribution is -2.65. The largest absolute Gasteiger partial charge is 0.489 e. The number of aliphatic hydroxyl groups excluding tert-OH is 1. The Morgan fingerprint density at radius 1 is 1.26 bits per heavy atom. The van der Waals surface area contributed by atoms with Crippen molar-refractivity contribution < 1.29 is 24.2 Å². The van der Waals surface area contributed by atoms with Gasteiger partial charge in [0.25, 0.3) is 5.91 Å². The standard InChI is InChI=1S/C20H26ClN5O5/c1-23-17-16(18(28)24(2)20(23)29)26(19(22-17)25-7-9-30-10-8-25)11-13(27)12-31-15-6-4-3-5-14(15)21/h3-6,13,16-17,27H,7-12H2,1-2H3. The van der Waals surface area contributed by atoms with Gasteiger partial charge in [0.2, 0.25) is 0 Å². The highest BCUT2D eigenvalue weighted by Crippen LogP contribution is 2.29. The Kier molecular flexibility index (Phi) is 6.22. The number of morpholine rings is 1. The lowest BCUT2D eigenvalue weighted by atomic mass is 10.1. The molecule has 10 nitrogen and oxygen atoms in total. The second-order valence-electron chi connectivity index (χ2n) is 7.73. The van der Waals surface area contributed by atoms with Gasteiger partial charge in [0.1, 0.15) is 18.5 Å². The number of rotatable bonds is 5. The van der Waals surface area contributed by atoms with Gasteiger partial charge >= 0.3 is 6.03 Å². The second-order valence-corrected chi connectivity index (χ2v) is 8.13. The van der Waals surface area contributed by atoms with Crippen molar-refractivity contribution in [1.29, 1.82) is 0 Å². The van der Waals surface area contributed by atoms with Crippen LogP contribution in [0, 0.1) is 0 Å². The van der Waals surface area contributed by atoms with Gasteiger partial charge in [-0.25, -0.2) is 9.79 Å². The van der Waals surface area contributed by atoms with Gasteiger partial charge < -0.3 is 29.3 Å². The molecule has 0 bridgehead atoms. The van der Waals surface area contributed by atoms with Gasteiger partial charge in [-0.3, -0.25) is 9.69 Å². The van der Waals surface area contributed by atoms with Crippen molar-refractivity contribution in [2.24, 2.45) is 4.99 Å². The maximum absolute atomic E-state index is 13.0. The maximum Gasteiger partial charge on any atom is 0.328 e. The molecule has 3 amide bonds. The van der Waals surface area contributed by atoms with E-state index in [1.807, 2.05) is 4.90 Å². The van der Waals surface area contributed by atoms with Gasteiger partial charge in [0.15, 0.2) is 18.2 Å². The van der Waals surface area contributed by atoms with E-state index in [0.717, 1.165) is 4.90 Å². The minimum Gasteiger partial charge on any atom is -0.489 e. The highest BCUT2D eigenvalue weighted by molar-refractivity contribution is 6.32. The number of imide groups is 1. The lowest BCUT2D eigenvalue weighted by Gasteiger charge is -2.41. The van der Waals surface area contributed by atoms with E-state index in [9.17, 15) is 14.7 Å². The van der Waals surface area contributed by atoms with E-state index in [2.05, 4.69) is 0 Å². The number of carbonyl (C=O) groups excluding carboxylic acids is 2. The molecule has 3 aliphatic heterocycles. The Labute approximate surface area is 185 Å². The number of guanidine groups is 1. The van der Waals surface area contributed by atoms with E-state index in [0.29, 0.717) is 43.0 Å². The SMILES string of the molecule is CN1C(=O)C2C(N=C(N3CCOCC3)N2CC(O)COc2ccccc2Cl)N(C)C1=O. The topological polar surface area (TPSA) is 98.2 Å². The van der Waals surface area contributed by atoms with Gasteiger partial charge in [-0.2, -0.15) is 0 Å². The summed E-state index contributed by atoms with van der Waals surface area (Å²) in [5.74, 6) is 0.709. The molecular formula is C20H26ClN5O5. The summed E-state index contributed by atoms with van der Waals surface area (Å²) < 4.78 is 11.1. The summed E-state index contributed by atoms with van der Waals surface area (Å²) in [5.41, 5.74) is 0. The van der Waals surface area contributed by atoms with Crippen LogP contribution < -0.4 is 4.74 Å². The van der Waals surface area contributed by atoms with Crippen LogP contribution in [0.2, 0.25) is 5.02 Å². The molecule has 4 rings (SSSR count). The number of fused-ring (bicyclic) bond motifs is 1. The first-order valence-corrected chi connectivity index (χ1v) is 10.5. The van der Waals surface area contributed by atoms with Crippen molar-refractivity contribution >= 4 is 29.5 Å². The smallest absolute Gasteiger partial charge is 0.328 e. The number of aliphatic hydroxyl groups is 1. The number of benzene rings is 1. The third kappa shape index (κ3) is 4.15. The third-order valence-corrected chi connectivity index (χ3v) is 5.97. The number of urea groups is 1. The van der Waals surface area contributed by atoms with E-state index in [1.54, 1.807) is 36.2 Å². The Bertz CT molecular complexity index is 877. The number of amides is 3. The normalized spacial score (nSPS) is 25.0. The first kappa shape index (κ1) is 21.7. The quantitative estimate of drug-likeness (QED) is 0.687. The van der Waals surface area contributed by atoms with E-state index in [-0.39, 0.29) is 19.1 Å². The lowest BCUT2D eigenvalue weighted by molar-refractivity contribution is -0.136. The molecule has 3 unspecified atom stereocenters. The maximum atomic E-state index is 13.0.